The monoisotopic (exact) mass is 381 g/mol. The third-order valence-electron chi connectivity index (χ3n) is 4.47. The van der Waals surface area contributed by atoms with Gasteiger partial charge in [-0.1, -0.05) is 12.1 Å². The lowest BCUT2D eigenvalue weighted by Crippen LogP contribution is -2.23. The molecule has 1 aliphatic rings. The van der Waals surface area contributed by atoms with Crippen LogP contribution in [0, 0.1) is 0 Å². The second-order valence-electron chi connectivity index (χ2n) is 6.76. The van der Waals surface area contributed by atoms with E-state index in [2.05, 4.69) is 5.32 Å². The van der Waals surface area contributed by atoms with E-state index >= 15 is 0 Å². The van der Waals surface area contributed by atoms with Crippen LogP contribution in [-0.2, 0) is 16.0 Å². The Kier molecular flexibility index (Phi) is 5.93. The molecule has 0 unspecified atom stereocenters. The lowest BCUT2D eigenvalue weighted by atomic mass is 10.1. The number of hydrogen-bond donors (Lipinski definition) is 1. The van der Waals surface area contributed by atoms with Gasteiger partial charge < -0.3 is 15.0 Å². The van der Waals surface area contributed by atoms with Gasteiger partial charge in [-0.3, -0.25) is 14.5 Å². The molecule has 1 heterocycles. The zero-order valence-corrected chi connectivity index (χ0v) is 16.0. The van der Waals surface area contributed by atoms with Gasteiger partial charge in [0.05, 0.1) is 6.54 Å². The van der Waals surface area contributed by atoms with Gasteiger partial charge in [0.25, 0.3) is 5.91 Å². The van der Waals surface area contributed by atoms with E-state index in [1.807, 2.05) is 12.1 Å². The summed E-state index contributed by atoms with van der Waals surface area (Å²) in [6, 6.07) is 14.4. The van der Waals surface area contributed by atoms with Crippen molar-refractivity contribution >= 4 is 29.3 Å². The molecule has 2 aromatic rings. The fourth-order valence-electron chi connectivity index (χ4n) is 2.91. The predicted molar refractivity (Wildman–Crippen MR) is 107 cm³/mol. The lowest BCUT2D eigenvalue weighted by Gasteiger charge is -2.13. The molecule has 0 aliphatic carbocycles. The first-order valence-electron chi connectivity index (χ1n) is 9.09. The van der Waals surface area contributed by atoms with Crippen LogP contribution in [0.2, 0.25) is 0 Å². The second-order valence-corrected chi connectivity index (χ2v) is 6.76. The zero-order valence-electron chi connectivity index (χ0n) is 16.0. The van der Waals surface area contributed by atoms with E-state index in [0.29, 0.717) is 37.2 Å². The second kappa shape index (κ2) is 8.56. The number of nitrogens with zero attached hydrogens (tertiary/aromatic N) is 2. The molecule has 1 saturated heterocycles. The third-order valence-corrected chi connectivity index (χ3v) is 4.47. The highest BCUT2D eigenvalue weighted by Crippen LogP contribution is 2.21. The molecule has 1 N–H and O–H groups in total. The first kappa shape index (κ1) is 19.4. The lowest BCUT2D eigenvalue weighted by molar-refractivity contribution is -0.116. The van der Waals surface area contributed by atoms with Gasteiger partial charge in [0.1, 0.15) is 6.61 Å². The first-order chi connectivity index (χ1) is 13.4. The maximum atomic E-state index is 12.2. The van der Waals surface area contributed by atoms with E-state index in [1.54, 1.807) is 55.4 Å². The first-order valence-corrected chi connectivity index (χ1v) is 9.09. The molecule has 0 saturated carbocycles. The molecule has 3 amide bonds. The van der Waals surface area contributed by atoms with E-state index in [1.165, 1.54) is 4.90 Å². The summed E-state index contributed by atoms with van der Waals surface area (Å²) >= 11 is 0. The molecule has 1 aliphatic heterocycles. The summed E-state index contributed by atoms with van der Waals surface area (Å²) in [7, 11) is 3.42. The van der Waals surface area contributed by atoms with Crippen molar-refractivity contribution in [2.24, 2.45) is 0 Å². The van der Waals surface area contributed by atoms with Gasteiger partial charge in [-0.2, -0.15) is 0 Å². The van der Waals surface area contributed by atoms with Gasteiger partial charge in [-0.05, 0) is 48.4 Å². The minimum absolute atomic E-state index is 0.0464. The van der Waals surface area contributed by atoms with Crippen LogP contribution in [0.15, 0.2) is 48.5 Å². The van der Waals surface area contributed by atoms with Gasteiger partial charge in [-0.15, -0.1) is 0 Å². The Morgan fingerprint density at radius 1 is 1.07 bits per heavy atom. The molecule has 7 heteroatoms. The minimum Gasteiger partial charge on any atom is -0.447 e. The van der Waals surface area contributed by atoms with Crippen LogP contribution in [0.5, 0.6) is 0 Å². The molecular formula is C21H23N3O4. The number of anilines is 2. The van der Waals surface area contributed by atoms with Gasteiger partial charge >= 0.3 is 6.09 Å². The Bertz CT molecular complexity index is 860. The fraction of sp³-hybridized carbons (Fsp3) is 0.286. The smallest absolute Gasteiger partial charge is 0.414 e. The van der Waals surface area contributed by atoms with Gasteiger partial charge in [0.2, 0.25) is 5.91 Å². The predicted octanol–water partition coefficient (Wildman–Crippen LogP) is 2.92. The normalized spacial score (nSPS) is 13.2. The van der Waals surface area contributed by atoms with Gasteiger partial charge in [-0.25, -0.2) is 4.79 Å². The van der Waals surface area contributed by atoms with Crippen molar-refractivity contribution in [1.82, 2.24) is 4.90 Å². The number of rotatable bonds is 6. The standard InChI is InChI=1S/C21H23N3O4/c1-23(2)20(26)16-6-3-15(4-7-16)5-12-19(25)22-17-8-10-18(11-9-17)24-13-14-28-21(24)27/h3-4,6-11H,5,12-14H2,1-2H3,(H,22,25). The highest BCUT2D eigenvalue weighted by molar-refractivity contribution is 5.94. The van der Waals surface area contributed by atoms with Crippen molar-refractivity contribution in [3.63, 3.8) is 0 Å². The summed E-state index contributed by atoms with van der Waals surface area (Å²) in [5.74, 6) is -0.142. The zero-order chi connectivity index (χ0) is 20.1. The van der Waals surface area contributed by atoms with Gasteiger partial charge in [0, 0.05) is 37.5 Å². The summed E-state index contributed by atoms with van der Waals surface area (Å²) in [6.07, 6.45) is 0.566. The molecule has 0 radical (unpaired) electrons. The van der Waals surface area contributed by atoms with E-state index in [-0.39, 0.29) is 17.9 Å². The average molecular weight is 381 g/mol. The van der Waals surface area contributed by atoms with Crippen LogP contribution < -0.4 is 10.2 Å². The number of carbonyl (C=O) groups excluding carboxylic acids is 3. The highest BCUT2D eigenvalue weighted by atomic mass is 16.6. The topological polar surface area (TPSA) is 79.0 Å². The Balaban J connectivity index is 1.50. The van der Waals surface area contributed by atoms with E-state index in [9.17, 15) is 14.4 Å². The van der Waals surface area contributed by atoms with Crippen molar-refractivity contribution in [2.45, 2.75) is 12.8 Å². The van der Waals surface area contributed by atoms with Crippen molar-refractivity contribution in [1.29, 1.82) is 0 Å². The fourth-order valence-corrected chi connectivity index (χ4v) is 2.91. The molecule has 1 fully saturated rings. The van der Waals surface area contributed by atoms with Crippen molar-refractivity contribution in [3.05, 3.63) is 59.7 Å². The van der Waals surface area contributed by atoms with Gasteiger partial charge in [0.15, 0.2) is 0 Å². The third kappa shape index (κ3) is 4.68. The van der Waals surface area contributed by atoms with Crippen LogP contribution in [0.3, 0.4) is 0 Å². The van der Waals surface area contributed by atoms with E-state index in [0.717, 1.165) is 11.3 Å². The Morgan fingerprint density at radius 2 is 1.75 bits per heavy atom. The molecular weight excluding hydrogens is 358 g/mol. The summed E-state index contributed by atoms with van der Waals surface area (Å²) < 4.78 is 4.92. The largest absolute Gasteiger partial charge is 0.447 e. The van der Waals surface area contributed by atoms with Crippen LogP contribution in [-0.4, -0.2) is 50.1 Å². The number of amides is 3. The average Bonchev–Trinajstić information content (AvgIpc) is 3.12. The number of benzene rings is 2. The van der Waals surface area contributed by atoms with Crippen molar-refractivity contribution in [3.8, 4) is 0 Å². The Morgan fingerprint density at radius 3 is 2.32 bits per heavy atom. The van der Waals surface area contributed by atoms with E-state index < -0.39 is 0 Å². The molecule has 2 aromatic carbocycles. The summed E-state index contributed by atoms with van der Waals surface area (Å²) in [4.78, 5) is 38.7. The molecule has 3 rings (SSSR count). The molecule has 0 aromatic heterocycles. The number of carbonyl (C=O) groups is 3. The Hall–Kier alpha value is -3.35. The number of hydrogen-bond acceptors (Lipinski definition) is 4. The molecule has 0 spiro atoms. The summed E-state index contributed by atoms with van der Waals surface area (Å²) in [5.41, 5.74) is 3.04. The number of aryl methyl sites for hydroxylation is 1. The van der Waals surface area contributed by atoms with E-state index in [4.69, 9.17) is 4.74 Å². The summed E-state index contributed by atoms with van der Waals surface area (Å²) in [5, 5.41) is 2.85. The van der Waals surface area contributed by atoms with Crippen LogP contribution in [0.25, 0.3) is 0 Å². The molecule has 0 bridgehead atoms. The summed E-state index contributed by atoms with van der Waals surface area (Å²) in [6.45, 7) is 0.922. The number of cyclic esters (lactones) is 1. The maximum absolute atomic E-state index is 12.2. The van der Waals surface area contributed by atoms with Crippen molar-refractivity contribution < 1.29 is 19.1 Å². The van der Waals surface area contributed by atoms with Crippen LogP contribution >= 0.6 is 0 Å². The quantitative estimate of drug-likeness (QED) is 0.834. The number of ether oxygens (including phenoxy) is 1. The molecule has 7 nitrogen and oxygen atoms in total. The van der Waals surface area contributed by atoms with Crippen molar-refractivity contribution in [2.75, 3.05) is 37.5 Å². The molecule has 28 heavy (non-hydrogen) atoms. The van der Waals surface area contributed by atoms with Crippen LogP contribution in [0.1, 0.15) is 22.3 Å². The minimum atomic E-state index is -0.352. The number of nitrogens with one attached hydrogen (secondary N) is 1. The van der Waals surface area contributed by atoms with Crippen LogP contribution in [0.4, 0.5) is 16.2 Å². The molecule has 146 valence electrons. The maximum Gasteiger partial charge on any atom is 0.414 e. The Labute approximate surface area is 163 Å². The highest BCUT2D eigenvalue weighted by Gasteiger charge is 2.23. The molecule has 0 atom stereocenters. The SMILES string of the molecule is CN(C)C(=O)c1ccc(CCC(=O)Nc2ccc(N3CCOC3=O)cc2)cc1.